The number of rotatable bonds is 4. The number of nitrogens with one attached hydrogen (secondary N) is 4. The normalized spacial score (nSPS) is 10.7. The third-order valence-electron chi connectivity index (χ3n) is 4.56. The molecule has 0 saturated carbocycles. The van der Waals surface area contributed by atoms with Crippen LogP contribution in [0, 0.1) is 11.7 Å². The fourth-order valence-corrected chi connectivity index (χ4v) is 3.32. The number of aryl methyl sites for hydroxylation is 1. The van der Waals surface area contributed by atoms with Crippen molar-refractivity contribution >= 4 is 34.8 Å². The summed E-state index contributed by atoms with van der Waals surface area (Å²) >= 11 is 5.24. The zero-order valence-corrected chi connectivity index (χ0v) is 17.1. The lowest BCUT2D eigenvalue weighted by Gasteiger charge is -2.10. The maximum atomic E-state index is 12.5. The number of aromatic nitrogens is 5. The molecule has 4 N–H and O–H groups in total. The minimum atomic E-state index is -0.671. The van der Waals surface area contributed by atoms with E-state index < -0.39 is 17.4 Å². The zero-order valence-electron chi connectivity index (χ0n) is 16.3. The molecule has 0 unspecified atom stereocenters. The molecule has 0 saturated heterocycles. The predicted octanol–water partition coefficient (Wildman–Crippen LogP) is 1.61. The largest absolute Gasteiger partial charge is 0.291 e. The van der Waals surface area contributed by atoms with Gasteiger partial charge >= 0.3 is 0 Å². The quantitative estimate of drug-likeness (QED) is 0.284. The summed E-state index contributed by atoms with van der Waals surface area (Å²) in [6, 6.07) is 14.2. The van der Waals surface area contributed by atoms with Gasteiger partial charge < -0.3 is 0 Å². The molecule has 2 amide bonds. The first kappa shape index (κ1) is 20.2. The number of hydrogen-bond acceptors (Lipinski definition) is 6. The number of H-pyrrole nitrogens is 2. The molecule has 2 heterocycles. The van der Waals surface area contributed by atoms with Crippen molar-refractivity contribution in [3.8, 4) is 11.4 Å². The van der Waals surface area contributed by atoms with E-state index in [1.54, 1.807) is 24.3 Å². The van der Waals surface area contributed by atoms with Crippen molar-refractivity contribution in [1.29, 1.82) is 0 Å². The summed E-state index contributed by atoms with van der Waals surface area (Å²) in [4.78, 5) is 36.8. The topological polar surface area (TPSA) is 138 Å². The van der Waals surface area contributed by atoms with Gasteiger partial charge in [0.05, 0.1) is 5.39 Å². The molecule has 0 fully saturated rings. The van der Waals surface area contributed by atoms with Crippen LogP contribution in [0.4, 0.5) is 0 Å². The van der Waals surface area contributed by atoms with Crippen molar-refractivity contribution in [2.75, 3.05) is 0 Å². The molecule has 0 bridgehead atoms. The van der Waals surface area contributed by atoms with Crippen molar-refractivity contribution < 1.29 is 9.59 Å². The number of hydrazine groups is 1. The van der Waals surface area contributed by atoms with Gasteiger partial charge in [0.25, 0.3) is 17.4 Å². The second-order valence-electron chi connectivity index (χ2n) is 6.76. The molecule has 2 aromatic carbocycles. The first-order chi connectivity index (χ1) is 14.9. The number of benzene rings is 2. The number of fused-ring (bicyclic) bond motifs is 1. The van der Waals surface area contributed by atoms with Crippen molar-refractivity contribution in [3.63, 3.8) is 0 Å². The number of nitrogens with zero attached hydrogens (tertiary/aromatic N) is 3. The van der Waals surface area contributed by atoms with Gasteiger partial charge in [0, 0.05) is 10.9 Å². The Hall–Kier alpha value is -4.12. The highest BCUT2D eigenvalue weighted by Gasteiger charge is 2.16. The molecule has 156 valence electrons. The van der Waals surface area contributed by atoms with Crippen LogP contribution >= 0.6 is 12.2 Å². The third kappa shape index (κ3) is 4.12. The summed E-state index contributed by atoms with van der Waals surface area (Å²) in [5, 5.41) is 13.6. The smallest absolute Gasteiger partial charge is 0.290 e. The number of amides is 2. The maximum Gasteiger partial charge on any atom is 0.290 e. The van der Waals surface area contributed by atoms with Gasteiger partial charge in [-0.1, -0.05) is 42.0 Å². The van der Waals surface area contributed by atoms with Gasteiger partial charge in [0.1, 0.15) is 6.54 Å². The summed E-state index contributed by atoms with van der Waals surface area (Å²) in [5.74, 6) is -0.688. The van der Waals surface area contributed by atoms with E-state index in [0.717, 1.165) is 11.1 Å². The van der Waals surface area contributed by atoms with E-state index in [1.807, 2.05) is 31.2 Å². The van der Waals surface area contributed by atoms with Gasteiger partial charge in [-0.3, -0.25) is 34.9 Å². The summed E-state index contributed by atoms with van der Waals surface area (Å²) in [7, 11) is 0. The molecule has 0 aliphatic rings. The Bertz CT molecular complexity index is 1420. The highest BCUT2D eigenvalue weighted by atomic mass is 32.1. The van der Waals surface area contributed by atoms with Crippen LogP contribution in [0.1, 0.15) is 16.1 Å². The van der Waals surface area contributed by atoms with E-state index in [9.17, 15) is 14.4 Å². The van der Waals surface area contributed by atoms with Gasteiger partial charge in [0.2, 0.25) is 0 Å². The van der Waals surface area contributed by atoms with E-state index in [4.69, 9.17) is 12.2 Å². The Morgan fingerprint density at radius 1 is 1.03 bits per heavy atom. The van der Waals surface area contributed by atoms with E-state index in [1.165, 1.54) is 4.57 Å². The van der Waals surface area contributed by atoms with E-state index in [0.29, 0.717) is 16.6 Å². The first-order valence-electron chi connectivity index (χ1n) is 9.23. The number of carbonyl (C=O) groups is 2. The zero-order chi connectivity index (χ0) is 22.0. The van der Waals surface area contributed by atoms with Gasteiger partial charge in [-0.2, -0.15) is 10.2 Å². The van der Waals surface area contributed by atoms with Crippen molar-refractivity contribution in [2.45, 2.75) is 13.5 Å². The van der Waals surface area contributed by atoms with Crippen LogP contribution in [0.5, 0.6) is 0 Å². The van der Waals surface area contributed by atoms with Gasteiger partial charge in [-0.25, -0.2) is 5.10 Å². The second kappa shape index (κ2) is 8.32. The Morgan fingerprint density at radius 2 is 1.81 bits per heavy atom. The summed E-state index contributed by atoms with van der Waals surface area (Å²) in [5.41, 5.74) is 6.06. The molecule has 0 atom stereocenters. The van der Waals surface area contributed by atoms with Crippen molar-refractivity contribution in [3.05, 3.63) is 74.9 Å². The molecule has 0 aliphatic carbocycles. The number of aromatic amines is 2. The molecule has 4 rings (SSSR count). The Kier molecular flexibility index (Phi) is 5.41. The highest BCUT2D eigenvalue weighted by Crippen LogP contribution is 2.18. The fraction of sp³-hybridized carbons (Fsp3) is 0.100. The standard InChI is InChI=1S/C20H17N7O3S/c1-11-5-4-6-12(9-11)17-23-26-20(31)27(17)10-15(28)21-25-19(30)16-13-7-2-3-8-14(13)18(29)24-22-16/h2-9H,10H2,1H3,(H,21,28)(H,24,29)(H,25,30)(H,26,31). The van der Waals surface area contributed by atoms with E-state index in [-0.39, 0.29) is 17.0 Å². The monoisotopic (exact) mass is 435 g/mol. The number of hydrogen-bond donors (Lipinski definition) is 4. The van der Waals surface area contributed by atoms with Crippen LogP contribution in [-0.4, -0.2) is 36.8 Å². The highest BCUT2D eigenvalue weighted by molar-refractivity contribution is 7.71. The van der Waals surface area contributed by atoms with Gasteiger partial charge in [-0.05, 0) is 31.3 Å². The maximum absolute atomic E-state index is 12.5. The fourth-order valence-electron chi connectivity index (χ4n) is 3.13. The molecular weight excluding hydrogens is 418 g/mol. The Balaban J connectivity index is 1.50. The molecule has 4 aromatic rings. The van der Waals surface area contributed by atoms with Crippen LogP contribution < -0.4 is 16.4 Å². The van der Waals surface area contributed by atoms with Crippen LogP contribution in [0.2, 0.25) is 0 Å². The van der Waals surface area contributed by atoms with Crippen molar-refractivity contribution in [1.82, 2.24) is 35.8 Å². The molecule has 11 heteroatoms. The van der Waals surface area contributed by atoms with Gasteiger partial charge in [-0.15, -0.1) is 0 Å². The minimum Gasteiger partial charge on any atom is -0.291 e. The average Bonchev–Trinajstić information content (AvgIpc) is 3.12. The molecule has 0 spiro atoms. The SMILES string of the molecule is Cc1cccc(-c2n[nH]c(=S)n2CC(=O)NNC(=O)c2n[nH]c(=O)c3ccccc23)c1. The van der Waals surface area contributed by atoms with Crippen LogP contribution in [0.25, 0.3) is 22.2 Å². The summed E-state index contributed by atoms with van der Waals surface area (Å²) < 4.78 is 1.80. The second-order valence-corrected chi connectivity index (χ2v) is 7.14. The minimum absolute atomic E-state index is 0.0177. The third-order valence-corrected chi connectivity index (χ3v) is 4.87. The Morgan fingerprint density at radius 3 is 2.58 bits per heavy atom. The first-order valence-corrected chi connectivity index (χ1v) is 9.63. The van der Waals surface area contributed by atoms with Crippen molar-refractivity contribution in [2.24, 2.45) is 0 Å². The number of carbonyl (C=O) groups excluding carboxylic acids is 2. The van der Waals surface area contributed by atoms with Crippen LogP contribution in [0.3, 0.4) is 0 Å². The average molecular weight is 435 g/mol. The lowest BCUT2D eigenvalue weighted by molar-refractivity contribution is -0.122. The Labute approximate surface area is 180 Å². The van der Waals surface area contributed by atoms with E-state index in [2.05, 4.69) is 31.2 Å². The lowest BCUT2D eigenvalue weighted by atomic mass is 10.1. The summed E-state index contributed by atoms with van der Waals surface area (Å²) in [6.45, 7) is 1.78. The molecular formula is C20H17N7O3S. The molecule has 2 aromatic heterocycles. The van der Waals surface area contributed by atoms with Crippen LogP contribution in [0.15, 0.2) is 53.3 Å². The molecule has 0 radical (unpaired) electrons. The molecule has 31 heavy (non-hydrogen) atoms. The molecule has 0 aliphatic heterocycles. The predicted molar refractivity (Wildman–Crippen MR) is 116 cm³/mol. The van der Waals surface area contributed by atoms with Crippen LogP contribution in [-0.2, 0) is 11.3 Å². The lowest BCUT2D eigenvalue weighted by Crippen LogP contribution is -2.43. The van der Waals surface area contributed by atoms with E-state index >= 15 is 0 Å². The molecule has 10 nitrogen and oxygen atoms in total. The van der Waals surface area contributed by atoms with Gasteiger partial charge in [0.15, 0.2) is 16.3 Å². The summed E-state index contributed by atoms with van der Waals surface area (Å²) in [6.07, 6.45) is 0.